The molecule has 162 valence electrons. The standard InChI is InChI=1S/C19H26N6O5/c1-18(2)29-14-12(6-21-11-4-10(5-11)17(26)27-3)28-7-19(14,30-18)25-9-24-13-15(20)22-8-23-16(13)25/h8-12,14,21H,4-7H2,1-3H3,(H2,20,22,23)/t10?,11?,12-,14-,19+/m1/s1. The molecule has 30 heavy (non-hydrogen) atoms. The number of carbonyl (C=O) groups excluding carboxylic acids is 1. The molecule has 3 N–H and O–H groups in total. The van der Waals surface area contributed by atoms with Crippen LogP contribution in [0.3, 0.4) is 0 Å². The average Bonchev–Trinajstić information content (AvgIpc) is 3.31. The largest absolute Gasteiger partial charge is 0.469 e. The Morgan fingerprint density at radius 2 is 2.17 bits per heavy atom. The molecule has 3 aliphatic rings. The molecule has 11 nitrogen and oxygen atoms in total. The fraction of sp³-hybridized carbons (Fsp3) is 0.684. The molecule has 0 radical (unpaired) electrons. The number of ether oxygens (including phenoxy) is 4. The highest BCUT2D eigenvalue weighted by Crippen LogP contribution is 2.47. The molecule has 2 aromatic heterocycles. The van der Waals surface area contributed by atoms with Gasteiger partial charge in [-0.15, -0.1) is 0 Å². The Kier molecular flexibility index (Phi) is 4.47. The number of nitrogens with one attached hydrogen (secondary N) is 1. The fourth-order valence-corrected chi connectivity index (χ4v) is 4.68. The van der Waals surface area contributed by atoms with Crippen molar-refractivity contribution in [2.45, 2.75) is 56.5 Å². The maximum atomic E-state index is 11.6. The van der Waals surface area contributed by atoms with Gasteiger partial charge in [-0.2, -0.15) is 0 Å². The van der Waals surface area contributed by atoms with Crippen LogP contribution in [0.1, 0.15) is 26.7 Å². The number of hydrogen-bond acceptors (Lipinski definition) is 10. The molecule has 11 heteroatoms. The van der Waals surface area contributed by atoms with Gasteiger partial charge < -0.3 is 30.0 Å². The second kappa shape index (κ2) is 6.84. The lowest BCUT2D eigenvalue weighted by molar-refractivity contribution is -0.204. The van der Waals surface area contributed by atoms with Crippen molar-refractivity contribution in [3.05, 3.63) is 12.7 Å². The van der Waals surface area contributed by atoms with E-state index in [1.165, 1.54) is 13.4 Å². The SMILES string of the molecule is COC(=O)C1CC(NC[C@H]2OC[C@]3(n4cnc5c(N)ncnc54)OC(C)(C)O[C@H]23)C1. The lowest BCUT2D eigenvalue weighted by Gasteiger charge is -2.35. The minimum atomic E-state index is -0.903. The maximum Gasteiger partial charge on any atom is 0.308 e. The summed E-state index contributed by atoms with van der Waals surface area (Å²) in [4.78, 5) is 24.3. The summed E-state index contributed by atoms with van der Waals surface area (Å²) in [6.07, 6.45) is 3.98. The third-order valence-corrected chi connectivity index (χ3v) is 6.17. The quantitative estimate of drug-likeness (QED) is 0.646. The minimum absolute atomic E-state index is 0.0245. The second-order valence-electron chi connectivity index (χ2n) is 8.58. The number of imidazole rings is 1. The minimum Gasteiger partial charge on any atom is -0.469 e. The Morgan fingerprint density at radius 1 is 1.37 bits per heavy atom. The molecular formula is C19H26N6O5. The van der Waals surface area contributed by atoms with Crippen LogP contribution in [0.2, 0.25) is 0 Å². The van der Waals surface area contributed by atoms with Gasteiger partial charge in [-0.3, -0.25) is 9.36 Å². The monoisotopic (exact) mass is 418 g/mol. The van der Waals surface area contributed by atoms with Crippen LogP contribution in [-0.2, 0) is 29.5 Å². The molecule has 3 atom stereocenters. The van der Waals surface area contributed by atoms with E-state index in [9.17, 15) is 4.79 Å². The lowest BCUT2D eigenvalue weighted by atomic mass is 9.80. The highest BCUT2D eigenvalue weighted by atomic mass is 16.8. The van der Waals surface area contributed by atoms with Crippen molar-refractivity contribution in [2.24, 2.45) is 5.92 Å². The van der Waals surface area contributed by atoms with Gasteiger partial charge in [-0.25, -0.2) is 15.0 Å². The molecule has 0 spiro atoms. The van der Waals surface area contributed by atoms with Crippen LogP contribution < -0.4 is 11.1 Å². The maximum absolute atomic E-state index is 11.6. The number of nitrogens with two attached hydrogens (primary N) is 1. The summed E-state index contributed by atoms with van der Waals surface area (Å²) in [5, 5.41) is 3.48. The first-order valence-corrected chi connectivity index (χ1v) is 10.1. The molecule has 5 rings (SSSR count). The predicted molar refractivity (Wildman–Crippen MR) is 104 cm³/mol. The van der Waals surface area contributed by atoms with E-state index in [1.54, 1.807) is 6.33 Å². The van der Waals surface area contributed by atoms with Crippen LogP contribution in [0, 0.1) is 5.92 Å². The Bertz CT molecular complexity index is 973. The molecule has 2 aliphatic heterocycles. The number of esters is 1. The van der Waals surface area contributed by atoms with Gasteiger partial charge in [0.1, 0.15) is 24.1 Å². The van der Waals surface area contributed by atoms with Crippen molar-refractivity contribution >= 4 is 23.0 Å². The summed E-state index contributed by atoms with van der Waals surface area (Å²) in [6, 6.07) is 0.254. The van der Waals surface area contributed by atoms with Crippen molar-refractivity contribution in [3.63, 3.8) is 0 Å². The van der Waals surface area contributed by atoms with E-state index in [0.717, 1.165) is 12.8 Å². The lowest BCUT2D eigenvalue weighted by Crippen LogP contribution is -2.50. The third-order valence-electron chi connectivity index (χ3n) is 6.17. The summed E-state index contributed by atoms with van der Waals surface area (Å²) in [5.41, 5.74) is 6.14. The first-order valence-electron chi connectivity index (χ1n) is 10.1. The van der Waals surface area contributed by atoms with E-state index >= 15 is 0 Å². The summed E-state index contributed by atoms with van der Waals surface area (Å²) < 4.78 is 25.4. The average molecular weight is 418 g/mol. The number of aromatic nitrogens is 4. The van der Waals surface area contributed by atoms with Crippen LogP contribution in [0.5, 0.6) is 0 Å². The Morgan fingerprint density at radius 3 is 2.93 bits per heavy atom. The van der Waals surface area contributed by atoms with Gasteiger partial charge in [-0.05, 0) is 26.7 Å². The third kappa shape index (κ3) is 2.96. The Hall–Kier alpha value is -2.34. The van der Waals surface area contributed by atoms with E-state index in [-0.39, 0.29) is 36.7 Å². The van der Waals surface area contributed by atoms with Crippen molar-refractivity contribution in [1.29, 1.82) is 0 Å². The van der Waals surface area contributed by atoms with E-state index in [1.807, 2.05) is 18.4 Å². The predicted octanol–water partition coefficient (Wildman–Crippen LogP) is 0.153. The molecule has 3 fully saturated rings. The van der Waals surface area contributed by atoms with E-state index in [0.29, 0.717) is 23.5 Å². The molecule has 0 bridgehead atoms. The van der Waals surface area contributed by atoms with Crippen LogP contribution >= 0.6 is 0 Å². The van der Waals surface area contributed by atoms with Crippen LogP contribution in [0.4, 0.5) is 5.82 Å². The van der Waals surface area contributed by atoms with Gasteiger partial charge in [0.2, 0.25) is 5.72 Å². The van der Waals surface area contributed by atoms with E-state index in [4.69, 9.17) is 24.7 Å². The number of methoxy groups -OCH3 is 1. The topological polar surface area (TPSA) is 136 Å². The zero-order valence-corrected chi connectivity index (χ0v) is 17.2. The van der Waals surface area contributed by atoms with Crippen LogP contribution in [0.25, 0.3) is 11.2 Å². The van der Waals surface area contributed by atoms with Gasteiger partial charge in [0.15, 0.2) is 17.3 Å². The Labute approximate surface area is 173 Å². The van der Waals surface area contributed by atoms with Gasteiger partial charge in [-0.1, -0.05) is 0 Å². The highest BCUT2D eigenvalue weighted by molar-refractivity contribution is 5.81. The number of fused-ring (bicyclic) bond motifs is 2. The molecule has 1 aliphatic carbocycles. The second-order valence-corrected chi connectivity index (χ2v) is 8.58. The number of nitrogens with zero attached hydrogens (tertiary/aromatic N) is 4. The smallest absolute Gasteiger partial charge is 0.308 e. The van der Waals surface area contributed by atoms with Crippen LogP contribution in [0.15, 0.2) is 12.7 Å². The van der Waals surface area contributed by atoms with Crippen molar-refractivity contribution in [2.75, 3.05) is 26.0 Å². The van der Waals surface area contributed by atoms with E-state index in [2.05, 4.69) is 20.3 Å². The van der Waals surface area contributed by atoms with Gasteiger partial charge in [0, 0.05) is 12.6 Å². The molecule has 4 heterocycles. The summed E-state index contributed by atoms with van der Waals surface area (Å²) in [7, 11) is 1.42. The molecule has 0 amide bonds. The number of nitrogen functional groups attached to an aromatic ring is 1. The first kappa shape index (κ1) is 19.6. The zero-order valence-electron chi connectivity index (χ0n) is 17.2. The van der Waals surface area contributed by atoms with Gasteiger partial charge >= 0.3 is 5.97 Å². The molecule has 1 saturated carbocycles. The molecular weight excluding hydrogens is 392 g/mol. The molecule has 2 saturated heterocycles. The Balaban J connectivity index is 1.35. The zero-order chi connectivity index (χ0) is 21.1. The number of anilines is 1. The molecule has 0 aromatic carbocycles. The van der Waals surface area contributed by atoms with Gasteiger partial charge in [0.05, 0.1) is 26.0 Å². The molecule has 0 unspecified atom stereocenters. The van der Waals surface area contributed by atoms with Gasteiger partial charge in [0.25, 0.3) is 0 Å². The highest BCUT2D eigenvalue weighted by Gasteiger charge is 2.63. The number of carbonyl (C=O) groups is 1. The summed E-state index contributed by atoms with van der Waals surface area (Å²) >= 11 is 0. The summed E-state index contributed by atoms with van der Waals surface area (Å²) in [6.45, 7) is 4.63. The molecule has 2 aromatic rings. The number of hydrogen-bond donors (Lipinski definition) is 2. The van der Waals surface area contributed by atoms with Crippen LogP contribution in [-0.4, -0.2) is 69.8 Å². The first-order chi connectivity index (χ1) is 14.3. The summed E-state index contributed by atoms with van der Waals surface area (Å²) in [5.74, 6) is -0.656. The van der Waals surface area contributed by atoms with E-state index < -0.39 is 11.5 Å². The van der Waals surface area contributed by atoms with Crippen molar-refractivity contribution in [3.8, 4) is 0 Å². The van der Waals surface area contributed by atoms with Crippen molar-refractivity contribution in [1.82, 2.24) is 24.8 Å². The fourth-order valence-electron chi connectivity index (χ4n) is 4.68. The van der Waals surface area contributed by atoms with Crippen molar-refractivity contribution < 1.29 is 23.7 Å². The normalized spacial score (nSPS) is 34.6. The number of rotatable bonds is 5.